The highest BCUT2D eigenvalue weighted by Crippen LogP contribution is 2.35. The molecule has 1 atom stereocenters. The molecule has 114 valence electrons. The lowest BCUT2D eigenvalue weighted by molar-refractivity contribution is -0.116. The SMILES string of the molecule is CCSc1nc2c(c(=O)[nH]1)[C@@H](c1cccc(Br)c1)CC(=O)N2. The molecule has 0 spiro atoms. The summed E-state index contributed by atoms with van der Waals surface area (Å²) in [6.07, 6.45) is 0.245. The molecule has 0 fully saturated rings. The van der Waals surface area contributed by atoms with Crippen molar-refractivity contribution in [1.82, 2.24) is 9.97 Å². The molecule has 3 rings (SSSR count). The minimum absolute atomic E-state index is 0.122. The summed E-state index contributed by atoms with van der Waals surface area (Å²) >= 11 is 4.87. The van der Waals surface area contributed by atoms with Crippen LogP contribution in [-0.2, 0) is 4.79 Å². The lowest BCUT2D eigenvalue weighted by Gasteiger charge is -2.24. The molecule has 1 aliphatic rings. The molecule has 22 heavy (non-hydrogen) atoms. The molecule has 0 radical (unpaired) electrons. The first kappa shape index (κ1) is 15.3. The number of hydrogen-bond donors (Lipinski definition) is 2. The molecule has 1 aromatic heterocycles. The monoisotopic (exact) mass is 379 g/mol. The Morgan fingerprint density at radius 2 is 2.23 bits per heavy atom. The van der Waals surface area contributed by atoms with Crippen LogP contribution in [0.1, 0.15) is 30.4 Å². The number of aromatic amines is 1. The minimum atomic E-state index is -0.279. The fourth-order valence-electron chi connectivity index (χ4n) is 2.56. The molecule has 2 aromatic rings. The predicted octanol–water partition coefficient (Wildman–Crippen LogP) is 3.12. The first-order valence-corrected chi connectivity index (χ1v) is 8.68. The quantitative estimate of drug-likeness (QED) is 0.634. The van der Waals surface area contributed by atoms with Gasteiger partial charge in [0.05, 0.1) is 5.56 Å². The molecular formula is C15H14BrN3O2S. The zero-order valence-corrected chi connectivity index (χ0v) is 14.3. The topological polar surface area (TPSA) is 74.8 Å². The van der Waals surface area contributed by atoms with Crippen LogP contribution in [0.15, 0.2) is 38.7 Å². The Bertz CT molecular complexity index is 791. The van der Waals surface area contributed by atoms with E-state index in [1.165, 1.54) is 11.8 Å². The summed E-state index contributed by atoms with van der Waals surface area (Å²) in [5.74, 6) is 0.771. The van der Waals surface area contributed by atoms with Crippen LogP contribution in [0, 0.1) is 0 Å². The molecule has 0 saturated carbocycles. The van der Waals surface area contributed by atoms with Crippen LogP contribution >= 0.6 is 27.7 Å². The second-order valence-electron chi connectivity index (χ2n) is 4.93. The van der Waals surface area contributed by atoms with E-state index in [0.717, 1.165) is 15.8 Å². The maximum absolute atomic E-state index is 12.5. The number of carbonyl (C=O) groups excluding carboxylic acids is 1. The Balaban J connectivity index is 2.13. The number of anilines is 1. The van der Waals surface area contributed by atoms with E-state index in [-0.39, 0.29) is 23.8 Å². The van der Waals surface area contributed by atoms with Crippen molar-refractivity contribution in [3.63, 3.8) is 0 Å². The predicted molar refractivity (Wildman–Crippen MR) is 90.5 cm³/mol. The number of amides is 1. The number of benzene rings is 1. The summed E-state index contributed by atoms with van der Waals surface area (Å²) in [6, 6.07) is 7.67. The second kappa shape index (κ2) is 6.26. The van der Waals surface area contributed by atoms with Gasteiger partial charge in [-0.2, -0.15) is 0 Å². The van der Waals surface area contributed by atoms with Crippen molar-refractivity contribution in [3.8, 4) is 0 Å². The lowest BCUT2D eigenvalue weighted by atomic mass is 9.87. The number of rotatable bonds is 3. The van der Waals surface area contributed by atoms with Gasteiger partial charge in [0, 0.05) is 16.8 Å². The van der Waals surface area contributed by atoms with Crippen LogP contribution < -0.4 is 10.9 Å². The van der Waals surface area contributed by atoms with Gasteiger partial charge in [-0.15, -0.1) is 0 Å². The maximum Gasteiger partial charge on any atom is 0.257 e. The van der Waals surface area contributed by atoms with Gasteiger partial charge >= 0.3 is 0 Å². The number of halogens is 1. The molecule has 0 aliphatic carbocycles. The summed E-state index contributed by atoms with van der Waals surface area (Å²) in [5.41, 5.74) is 1.26. The molecule has 7 heteroatoms. The van der Waals surface area contributed by atoms with Gasteiger partial charge in [0.25, 0.3) is 5.56 Å². The number of nitrogens with zero attached hydrogens (tertiary/aromatic N) is 1. The van der Waals surface area contributed by atoms with Crippen LogP contribution in [0.25, 0.3) is 0 Å². The van der Waals surface area contributed by atoms with E-state index >= 15 is 0 Å². The number of H-pyrrole nitrogens is 1. The Morgan fingerprint density at radius 1 is 1.41 bits per heavy atom. The molecule has 1 amide bonds. The first-order valence-electron chi connectivity index (χ1n) is 6.90. The number of thioether (sulfide) groups is 1. The van der Waals surface area contributed by atoms with E-state index in [2.05, 4.69) is 31.2 Å². The van der Waals surface area contributed by atoms with Crippen molar-refractivity contribution in [1.29, 1.82) is 0 Å². The summed E-state index contributed by atoms with van der Waals surface area (Å²) < 4.78 is 0.917. The molecule has 2 N–H and O–H groups in total. The van der Waals surface area contributed by atoms with Crippen molar-refractivity contribution in [2.24, 2.45) is 0 Å². The molecule has 2 heterocycles. The molecule has 0 bridgehead atoms. The zero-order chi connectivity index (χ0) is 15.7. The van der Waals surface area contributed by atoms with Crippen molar-refractivity contribution < 1.29 is 4.79 Å². The van der Waals surface area contributed by atoms with Crippen LogP contribution in [0.3, 0.4) is 0 Å². The first-order chi connectivity index (χ1) is 10.6. The third kappa shape index (κ3) is 2.96. The van der Waals surface area contributed by atoms with Crippen molar-refractivity contribution in [3.05, 3.63) is 50.2 Å². The Hall–Kier alpha value is -1.60. The van der Waals surface area contributed by atoms with Crippen LogP contribution in [0.4, 0.5) is 5.82 Å². The highest BCUT2D eigenvalue weighted by Gasteiger charge is 2.30. The van der Waals surface area contributed by atoms with Crippen molar-refractivity contribution in [2.75, 3.05) is 11.1 Å². The van der Waals surface area contributed by atoms with E-state index < -0.39 is 0 Å². The summed E-state index contributed by atoms with van der Waals surface area (Å²) in [5, 5.41) is 3.25. The van der Waals surface area contributed by atoms with Crippen LogP contribution in [0.2, 0.25) is 0 Å². The molecule has 1 aliphatic heterocycles. The number of carbonyl (C=O) groups is 1. The number of nitrogens with one attached hydrogen (secondary N) is 2. The average Bonchev–Trinajstić information content (AvgIpc) is 2.46. The van der Waals surface area contributed by atoms with Gasteiger partial charge in [-0.25, -0.2) is 4.98 Å². The Kier molecular flexibility index (Phi) is 4.35. The molecular weight excluding hydrogens is 366 g/mol. The summed E-state index contributed by atoms with van der Waals surface area (Å²) in [7, 11) is 0. The molecule has 0 unspecified atom stereocenters. The van der Waals surface area contributed by atoms with Crippen molar-refractivity contribution in [2.45, 2.75) is 24.4 Å². The van der Waals surface area contributed by atoms with E-state index in [9.17, 15) is 9.59 Å². The van der Waals surface area contributed by atoms with Gasteiger partial charge in [0.15, 0.2) is 5.16 Å². The summed E-state index contributed by atoms with van der Waals surface area (Å²) in [4.78, 5) is 31.6. The normalized spacial score (nSPS) is 17.0. The maximum atomic E-state index is 12.5. The summed E-state index contributed by atoms with van der Waals surface area (Å²) in [6.45, 7) is 1.98. The minimum Gasteiger partial charge on any atom is -0.310 e. The van der Waals surface area contributed by atoms with Crippen LogP contribution in [-0.4, -0.2) is 21.6 Å². The lowest BCUT2D eigenvalue weighted by Crippen LogP contribution is -2.31. The third-order valence-corrected chi connectivity index (χ3v) is 4.71. The fourth-order valence-corrected chi connectivity index (χ4v) is 3.57. The van der Waals surface area contributed by atoms with Crippen molar-refractivity contribution >= 4 is 39.4 Å². The van der Waals surface area contributed by atoms with E-state index in [1.807, 2.05) is 31.2 Å². The third-order valence-electron chi connectivity index (χ3n) is 3.46. The number of hydrogen-bond acceptors (Lipinski definition) is 4. The number of aromatic nitrogens is 2. The Labute approximate surface area is 140 Å². The Morgan fingerprint density at radius 3 is 2.95 bits per heavy atom. The zero-order valence-electron chi connectivity index (χ0n) is 11.9. The van der Waals surface area contributed by atoms with Crippen LogP contribution in [0.5, 0.6) is 0 Å². The van der Waals surface area contributed by atoms with E-state index in [0.29, 0.717) is 16.5 Å². The molecule has 5 nitrogen and oxygen atoms in total. The van der Waals surface area contributed by atoms with Gasteiger partial charge in [-0.3, -0.25) is 9.59 Å². The average molecular weight is 380 g/mol. The fraction of sp³-hybridized carbons (Fsp3) is 0.267. The second-order valence-corrected chi connectivity index (χ2v) is 7.09. The highest BCUT2D eigenvalue weighted by atomic mass is 79.9. The standard InChI is InChI=1S/C15H14BrN3O2S/c1-2-22-15-18-13-12(14(21)19-15)10(7-11(20)17-13)8-4-3-5-9(16)6-8/h3-6,10H,2,7H2,1H3,(H2,17,18,19,20,21)/t10-/m1/s1. The number of fused-ring (bicyclic) bond motifs is 1. The largest absolute Gasteiger partial charge is 0.310 e. The van der Waals surface area contributed by atoms with Gasteiger partial charge < -0.3 is 10.3 Å². The van der Waals surface area contributed by atoms with E-state index in [4.69, 9.17) is 0 Å². The van der Waals surface area contributed by atoms with Gasteiger partial charge in [0.1, 0.15) is 5.82 Å². The molecule has 0 saturated heterocycles. The van der Waals surface area contributed by atoms with E-state index in [1.54, 1.807) is 0 Å². The van der Waals surface area contributed by atoms with Gasteiger partial charge in [-0.1, -0.05) is 46.7 Å². The smallest absolute Gasteiger partial charge is 0.257 e. The van der Waals surface area contributed by atoms with Gasteiger partial charge in [-0.05, 0) is 23.4 Å². The highest BCUT2D eigenvalue weighted by molar-refractivity contribution is 9.10. The molecule has 1 aromatic carbocycles. The van der Waals surface area contributed by atoms with Gasteiger partial charge in [0.2, 0.25) is 5.91 Å².